The van der Waals surface area contributed by atoms with E-state index in [1.54, 1.807) is 30.3 Å². The first-order valence-electron chi connectivity index (χ1n) is 7.20. The lowest BCUT2D eigenvalue weighted by Gasteiger charge is -2.09. The van der Waals surface area contributed by atoms with Crippen LogP contribution in [0, 0.1) is 5.82 Å². The van der Waals surface area contributed by atoms with Crippen molar-refractivity contribution < 1.29 is 13.9 Å². The Balaban J connectivity index is 1.77. The number of halogens is 1. The molecule has 1 heterocycles. The first-order valence-corrected chi connectivity index (χ1v) is 7.20. The molecule has 0 radical (unpaired) electrons. The number of methoxy groups -OCH3 is 1. The molecule has 0 aliphatic heterocycles. The van der Waals surface area contributed by atoms with Gasteiger partial charge in [-0.2, -0.15) is 0 Å². The number of nitrogens with one attached hydrogen (secondary N) is 1. The fraction of sp³-hybridized carbons (Fsp3) is 0.0556. The zero-order chi connectivity index (χ0) is 16.9. The van der Waals surface area contributed by atoms with Crippen LogP contribution in [-0.4, -0.2) is 23.0 Å². The summed E-state index contributed by atoms with van der Waals surface area (Å²) in [5, 5.41) is 2.75. The molecule has 5 nitrogen and oxygen atoms in total. The van der Waals surface area contributed by atoms with E-state index < -0.39 is 0 Å². The first-order chi connectivity index (χ1) is 11.7. The van der Waals surface area contributed by atoms with Gasteiger partial charge in [-0.1, -0.05) is 12.1 Å². The highest BCUT2D eigenvalue weighted by Crippen LogP contribution is 2.23. The summed E-state index contributed by atoms with van der Waals surface area (Å²) >= 11 is 0. The molecular formula is C18H14FN3O2. The molecule has 0 aliphatic rings. The Labute approximate surface area is 138 Å². The number of hydrogen-bond donors (Lipinski definition) is 1. The van der Waals surface area contributed by atoms with Crippen LogP contribution in [0.4, 0.5) is 10.1 Å². The zero-order valence-electron chi connectivity index (χ0n) is 12.9. The Hall–Kier alpha value is -3.28. The Morgan fingerprint density at radius 1 is 1.04 bits per heavy atom. The fourth-order valence-corrected chi connectivity index (χ4v) is 2.14. The van der Waals surface area contributed by atoms with E-state index in [1.165, 1.54) is 31.6 Å². The lowest BCUT2D eigenvalue weighted by Crippen LogP contribution is -2.13. The van der Waals surface area contributed by atoms with Crippen molar-refractivity contribution >= 4 is 11.6 Å². The topological polar surface area (TPSA) is 64.1 Å². The Morgan fingerprint density at radius 3 is 2.38 bits per heavy atom. The van der Waals surface area contributed by atoms with Gasteiger partial charge in [0, 0.05) is 18.0 Å². The van der Waals surface area contributed by atoms with Crippen molar-refractivity contribution in [1.29, 1.82) is 0 Å². The van der Waals surface area contributed by atoms with Gasteiger partial charge in [0.25, 0.3) is 5.91 Å². The third-order valence-electron chi connectivity index (χ3n) is 3.37. The first kappa shape index (κ1) is 15.6. The summed E-state index contributed by atoms with van der Waals surface area (Å²) in [6, 6.07) is 12.9. The number of anilines is 1. The number of carbonyl (C=O) groups is 1. The number of ether oxygens (including phenoxy) is 1. The number of amides is 1. The largest absolute Gasteiger partial charge is 0.495 e. The second-order valence-corrected chi connectivity index (χ2v) is 4.96. The molecule has 0 unspecified atom stereocenters. The van der Waals surface area contributed by atoms with Crippen molar-refractivity contribution in [3.8, 4) is 17.1 Å². The average molecular weight is 323 g/mol. The predicted molar refractivity (Wildman–Crippen MR) is 88.4 cm³/mol. The van der Waals surface area contributed by atoms with Gasteiger partial charge in [0.1, 0.15) is 11.6 Å². The Bertz CT molecular complexity index is 849. The molecule has 120 valence electrons. The van der Waals surface area contributed by atoms with E-state index in [0.29, 0.717) is 28.4 Å². The van der Waals surface area contributed by atoms with E-state index in [-0.39, 0.29) is 11.7 Å². The summed E-state index contributed by atoms with van der Waals surface area (Å²) in [6.07, 6.45) is 2.85. The summed E-state index contributed by atoms with van der Waals surface area (Å²) in [4.78, 5) is 20.6. The standard InChI is InChI=1S/C18H14FN3O2/c1-24-16-5-3-2-4-15(16)22-18(23)13-10-20-17(21-11-13)12-6-8-14(19)9-7-12/h2-11H,1H3,(H,22,23). The molecule has 1 aromatic heterocycles. The molecule has 0 aliphatic carbocycles. The van der Waals surface area contributed by atoms with Gasteiger partial charge in [0.05, 0.1) is 18.4 Å². The van der Waals surface area contributed by atoms with Gasteiger partial charge in [0.15, 0.2) is 5.82 Å². The van der Waals surface area contributed by atoms with E-state index in [0.717, 1.165) is 0 Å². The molecule has 2 aromatic carbocycles. The molecule has 0 saturated carbocycles. The predicted octanol–water partition coefficient (Wildman–Crippen LogP) is 3.54. The fourth-order valence-electron chi connectivity index (χ4n) is 2.14. The van der Waals surface area contributed by atoms with Gasteiger partial charge >= 0.3 is 0 Å². The van der Waals surface area contributed by atoms with E-state index in [2.05, 4.69) is 15.3 Å². The highest BCUT2D eigenvalue weighted by atomic mass is 19.1. The number of aromatic nitrogens is 2. The van der Waals surface area contributed by atoms with Crippen LogP contribution >= 0.6 is 0 Å². The zero-order valence-corrected chi connectivity index (χ0v) is 12.9. The quantitative estimate of drug-likeness (QED) is 0.797. The molecule has 0 atom stereocenters. The highest BCUT2D eigenvalue weighted by molar-refractivity contribution is 6.04. The smallest absolute Gasteiger partial charge is 0.258 e. The third-order valence-corrected chi connectivity index (χ3v) is 3.37. The van der Waals surface area contributed by atoms with Gasteiger partial charge in [-0.3, -0.25) is 4.79 Å². The van der Waals surface area contributed by atoms with Crippen LogP contribution in [0.1, 0.15) is 10.4 Å². The molecule has 3 rings (SSSR count). The second kappa shape index (κ2) is 6.87. The van der Waals surface area contributed by atoms with Crippen molar-refractivity contribution in [2.45, 2.75) is 0 Å². The summed E-state index contributed by atoms with van der Waals surface area (Å²) in [5.41, 5.74) is 1.55. The number of hydrogen-bond acceptors (Lipinski definition) is 4. The van der Waals surface area contributed by atoms with Gasteiger partial charge in [-0.25, -0.2) is 14.4 Å². The van der Waals surface area contributed by atoms with Crippen LogP contribution in [0.25, 0.3) is 11.4 Å². The maximum Gasteiger partial charge on any atom is 0.258 e. The van der Waals surface area contributed by atoms with Crippen molar-refractivity contribution in [2.75, 3.05) is 12.4 Å². The SMILES string of the molecule is COc1ccccc1NC(=O)c1cnc(-c2ccc(F)cc2)nc1. The maximum absolute atomic E-state index is 12.9. The summed E-state index contributed by atoms with van der Waals surface area (Å²) < 4.78 is 18.1. The molecule has 1 N–H and O–H groups in total. The molecule has 3 aromatic rings. The van der Waals surface area contributed by atoms with Gasteiger partial charge in [-0.15, -0.1) is 0 Å². The number of rotatable bonds is 4. The van der Waals surface area contributed by atoms with Crippen LogP contribution < -0.4 is 10.1 Å². The summed E-state index contributed by atoms with van der Waals surface area (Å²) in [7, 11) is 1.53. The summed E-state index contributed by atoms with van der Waals surface area (Å²) in [5.74, 6) is 0.315. The molecule has 0 saturated heterocycles. The molecule has 1 amide bonds. The molecule has 0 spiro atoms. The van der Waals surface area contributed by atoms with Crippen molar-refractivity contribution in [2.24, 2.45) is 0 Å². The van der Waals surface area contributed by atoms with E-state index in [1.807, 2.05) is 6.07 Å². The highest BCUT2D eigenvalue weighted by Gasteiger charge is 2.11. The van der Waals surface area contributed by atoms with Crippen molar-refractivity contribution in [3.63, 3.8) is 0 Å². The molecule has 0 bridgehead atoms. The minimum Gasteiger partial charge on any atom is -0.495 e. The van der Waals surface area contributed by atoms with Crippen LogP contribution in [0.3, 0.4) is 0 Å². The molecule has 6 heteroatoms. The van der Waals surface area contributed by atoms with Gasteiger partial charge in [0.2, 0.25) is 0 Å². The van der Waals surface area contributed by atoms with E-state index in [4.69, 9.17) is 4.74 Å². The lowest BCUT2D eigenvalue weighted by atomic mass is 10.2. The summed E-state index contributed by atoms with van der Waals surface area (Å²) in [6.45, 7) is 0. The second-order valence-electron chi connectivity index (χ2n) is 4.96. The van der Waals surface area contributed by atoms with Crippen LogP contribution in [0.15, 0.2) is 60.9 Å². The number of benzene rings is 2. The van der Waals surface area contributed by atoms with Crippen LogP contribution in [0.2, 0.25) is 0 Å². The van der Waals surface area contributed by atoms with Crippen molar-refractivity contribution in [1.82, 2.24) is 9.97 Å². The monoisotopic (exact) mass is 323 g/mol. The Morgan fingerprint density at radius 2 is 1.71 bits per heavy atom. The number of nitrogens with zero attached hydrogens (tertiary/aromatic N) is 2. The van der Waals surface area contributed by atoms with Crippen LogP contribution in [0.5, 0.6) is 5.75 Å². The minimum atomic E-state index is -0.342. The Kier molecular flexibility index (Phi) is 4.47. The van der Waals surface area contributed by atoms with E-state index >= 15 is 0 Å². The molecule has 24 heavy (non-hydrogen) atoms. The normalized spacial score (nSPS) is 10.2. The number of para-hydroxylation sites is 2. The van der Waals surface area contributed by atoms with Gasteiger partial charge in [-0.05, 0) is 36.4 Å². The molecular weight excluding hydrogens is 309 g/mol. The molecule has 0 fully saturated rings. The van der Waals surface area contributed by atoms with Crippen molar-refractivity contribution in [3.05, 3.63) is 72.3 Å². The third kappa shape index (κ3) is 3.38. The van der Waals surface area contributed by atoms with Crippen LogP contribution in [-0.2, 0) is 0 Å². The number of carbonyl (C=O) groups excluding carboxylic acids is 1. The van der Waals surface area contributed by atoms with E-state index in [9.17, 15) is 9.18 Å². The average Bonchev–Trinajstić information content (AvgIpc) is 2.63. The lowest BCUT2D eigenvalue weighted by molar-refractivity contribution is 0.102. The van der Waals surface area contributed by atoms with Gasteiger partial charge < -0.3 is 10.1 Å². The maximum atomic E-state index is 12.9. The minimum absolute atomic E-state index is 0.312.